The summed E-state index contributed by atoms with van der Waals surface area (Å²) in [4.78, 5) is 0. The fourth-order valence-electron chi connectivity index (χ4n) is 10.1. The van der Waals surface area contributed by atoms with E-state index in [4.69, 9.17) is 113 Å². The molecule has 0 aromatic carbocycles. The highest BCUT2D eigenvalue weighted by Gasteiger charge is 2.50. The van der Waals surface area contributed by atoms with Crippen molar-refractivity contribution in [2.24, 2.45) is 0 Å². The van der Waals surface area contributed by atoms with E-state index in [1.54, 1.807) is 14.2 Å². The van der Waals surface area contributed by atoms with Gasteiger partial charge in [-0.3, -0.25) is 0 Å². The molecule has 0 aromatic rings. The van der Waals surface area contributed by atoms with Crippen molar-refractivity contribution in [1.29, 1.82) is 0 Å². The van der Waals surface area contributed by atoms with Crippen molar-refractivity contribution >= 4 is 85.1 Å². The lowest BCUT2D eigenvalue weighted by molar-refractivity contribution is -0.0221. The van der Waals surface area contributed by atoms with Crippen molar-refractivity contribution in [1.82, 2.24) is 0 Å². The molecule has 0 radical (unpaired) electrons. The summed E-state index contributed by atoms with van der Waals surface area (Å²) in [6, 6.07) is 1.90. The number of hydrogen-bond acceptors (Lipinski definition) is 25. The monoisotopic (exact) mass is 1490 g/mol. The number of hydrogen-bond donors (Lipinski definition) is 0. The highest BCUT2D eigenvalue weighted by atomic mass is 28.5. The van der Waals surface area contributed by atoms with E-state index in [0.29, 0.717) is 198 Å². The Hall–Kier alpha value is 1.17. The molecule has 35 heteroatoms. The summed E-state index contributed by atoms with van der Waals surface area (Å²) >= 11 is 0. The van der Waals surface area contributed by atoms with Gasteiger partial charge in [-0.05, 0) is 156 Å². The molecule has 0 aliphatic rings. The summed E-state index contributed by atoms with van der Waals surface area (Å²) in [5.74, 6) is 0. The zero-order valence-corrected chi connectivity index (χ0v) is 71.2. The molecule has 0 aromatic heterocycles. The summed E-state index contributed by atoms with van der Waals surface area (Å²) in [7, 11) is -22.6. The maximum absolute atomic E-state index is 6.91. The van der Waals surface area contributed by atoms with Gasteiger partial charge in [-0.15, -0.1) is 0 Å². The summed E-state index contributed by atoms with van der Waals surface area (Å²) in [5, 5.41) is 0. The standard InChI is InChI=1S/C56H134O25Si10/c1-57-27-29-61-35-37-65-43-45-69-51-53-71-49-47-67-41-39-63-33-31-59-25-23-55-82(3,4)73-84(7,8)75-86(11,12)77-88(15,16)79-90(19,20)81-91(21,22)80-89(17,18)78-87(13,14)76-85(9,10)74-83(5,6)56-24-26-60-32-34-64-40-42-68-48-50-72-54-52-70-46-44-66-38-36-62-30-28-58-2/h23-56H2,1-22H3. The molecule has 0 atom stereocenters. The Morgan fingerprint density at radius 3 is 0.418 bits per heavy atom. The Balaban J connectivity index is 4.51. The average Bonchev–Trinajstić information content (AvgIpc) is 1.29. The smallest absolute Gasteiger partial charge is 0.314 e. The van der Waals surface area contributed by atoms with Gasteiger partial charge in [0.2, 0.25) is 0 Å². The molecule has 25 nitrogen and oxygen atoms in total. The predicted molar refractivity (Wildman–Crippen MR) is 379 cm³/mol. The third-order valence-corrected chi connectivity index (χ3v) is 50.9. The van der Waals surface area contributed by atoms with Gasteiger partial charge in [-0.25, -0.2) is 0 Å². The molecule has 0 aliphatic heterocycles. The van der Waals surface area contributed by atoms with Crippen molar-refractivity contribution in [2.75, 3.05) is 212 Å². The van der Waals surface area contributed by atoms with E-state index in [9.17, 15) is 0 Å². The van der Waals surface area contributed by atoms with Crippen LogP contribution >= 0.6 is 0 Å². The maximum atomic E-state index is 6.91. The van der Waals surface area contributed by atoms with Gasteiger partial charge >= 0.3 is 68.5 Å². The van der Waals surface area contributed by atoms with Gasteiger partial charge in [0.25, 0.3) is 0 Å². The van der Waals surface area contributed by atoms with E-state index >= 15 is 0 Å². The van der Waals surface area contributed by atoms with Crippen LogP contribution in [0.5, 0.6) is 0 Å². The van der Waals surface area contributed by atoms with Crippen LogP contribution in [0.2, 0.25) is 143 Å². The van der Waals surface area contributed by atoms with E-state index in [1.165, 1.54) is 0 Å². The Morgan fingerprint density at radius 1 is 0.154 bits per heavy atom. The summed E-state index contributed by atoms with van der Waals surface area (Å²) < 4.78 is 150. The Labute approximate surface area is 563 Å². The first-order chi connectivity index (χ1) is 42.5. The van der Waals surface area contributed by atoms with E-state index in [2.05, 4.69) is 131 Å². The maximum Gasteiger partial charge on any atom is 0.314 e. The summed E-state index contributed by atoms with van der Waals surface area (Å²) in [6.07, 6.45) is 1.80. The Morgan fingerprint density at radius 2 is 0.275 bits per heavy atom. The van der Waals surface area contributed by atoms with Gasteiger partial charge in [0.1, 0.15) is 0 Å². The molecule has 0 saturated carbocycles. The molecule has 0 fully saturated rings. The second kappa shape index (κ2) is 51.3. The summed E-state index contributed by atoms with van der Waals surface area (Å²) in [5.41, 5.74) is 0. The van der Waals surface area contributed by atoms with E-state index < -0.39 is 85.1 Å². The number of methoxy groups -OCH3 is 2. The number of ether oxygens (including phenoxy) is 16. The van der Waals surface area contributed by atoms with Crippen molar-refractivity contribution in [3.8, 4) is 0 Å². The molecule has 548 valence electrons. The highest BCUT2D eigenvalue weighted by Crippen LogP contribution is 2.32. The minimum atomic E-state index is -2.79. The van der Waals surface area contributed by atoms with E-state index in [-0.39, 0.29) is 0 Å². The van der Waals surface area contributed by atoms with Gasteiger partial charge in [-0.2, -0.15) is 0 Å². The van der Waals surface area contributed by atoms with Crippen LogP contribution in [0.3, 0.4) is 0 Å². The first-order valence-corrected chi connectivity index (χ1v) is 61.6. The zero-order chi connectivity index (χ0) is 68.7. The molecule has 0 bridgehead atoms. The molecule has 0 saturated heterocycles. The predicted octanol–water partition coefficient (Wildman–Crippen LogP) is 9.47. The van der Waals surface area contributed by atoms with Crippen molar-refractivity contribution in [3.05, 3.63) is 0 Å². The lowest BCUT2D eigenvalue weighted by atomic mass is 10.5. The Bertz CT molecular complexity index is 1600. The normalized spacial score (nSPS) is 13.8. The first kappa shape index (κ1) is 92.2. The van der Waals surface area contributed by atoms with E-state index in [1.807, 2.05) is 0 Å². The highest BCUT2D eigenvalue weighted by molar-refractivity contribution is 6.93. The second-order valence-electron chi connectivity index (χ2n) is 26.4. The molecule has 0 amide bonds. The molecule has 0 aliphatic carbocycles. The fourth-order valence-corrected chi connectivity index (χ4v) is 61.0. The molecule has 91 heavy (non-hydrogen) atoms. The van der Waals surface area contributed by atoms with Crippen LogP contribution in [-0.2, 0) is 113 Å². The molecule has 0 N–H and O–H groups in total. The molecular formula is C56H134O25Si10. The second-order valence-corrected chi connectivity index (χ2v) is 64.2. The van der Waals surface area contributed by atoms with Crippen LogP contribution in [0, 0.1) is 0 Å². The third-order valence-electron chi connectivity index (χ3n) is 11.9. The SMILES string of the molecule is COCCOCCOCCOCCOCCOCCOCCOCCC[Si](C)(C)O[Si](C)(C)O[Si](C)(C)O[Si](C)(C)O[Si](C)(C)O[Si](C)(C)O[Si](C)(C)O[Si](C)(C)O[Si](C)(C)O[Si](C)(C)CCCOCCOCCOCCOCCOCCOCCOCCOC. The van der Waals surface area contributed by atoms with Gasteiger partial charge in [0, 0.05) is 27.4 Å². The van der Waals surface area contributed by atoms with Gasteiger partial charge < -0.3 is 113 Å². The minimum absolute atomic E-state index is 0.500. The van der Waals surface area contributed by atoms with Crippen molar-refractivity contribution in [2.45, 2.75) is 156 Å². The minimum Gasteiger partial charge on any atom is -0.436 e. The Kier molecular flexibility index (Phi) is 52.0. The topological polar surface area (TPSA) is 231 Å². The van der Waals surface area contributed by atoms with Crippen LogP contribution in [-0.4, -0.2) is 298 Å². The van der Waals surface area contributed by atoms with Gasteiger partial charge in [0.05, 0.1) is 185 Å². The fraction of sp³-hybridized carbons (Fsp3) is 1.00. The average molecular weight is 1490 g/mol. The van der Waals surface area contributed by atoms with Gasteiger partial charge in [0.15, 0.2) is 16.6 Å². The molecule has 0 heterocycles. The van der Waals surface area contributed by atoms with Crippen LogP contribution in [0.15, 0.2) is 0 Å². The van der Waals surface area contributed by atoms with Gasteiger partial charge in [-0.1, -0.05) is 0 Å². The summed E-state index contributed by atoms with van der Waals surface area (Å²) in [6.45, 7) is 58.4. The van der Waals surface area contributed by atoms with Crippen molar-refractivity contribution < 1.29 is 113 Å². The number of rotatable bonds is 68. The van der Waals surface area contributed by atoms with Crippen molar-refractivity contribution in [3.63, 3.8) is 0 Å². The molecule has 0 spiro atoms. The molecular weight excluding hydrogens is 1350 g/mol. The van der Waals surface area contributed by atoms with Crippen LogP contribution < -0.4 is 0 Å². The lowest BCUT2D eigenvalue weighted by Crippen LogP contribution is -2.62. The largest absolute Gasteiger partial charge is 0.436 e. The first-order valence-electron chi connectivity index (χ1n) is 32.9. The molecule has 0 rings (SSSR count). The van der Waals surface area contributed by atoms with Crippen LogP contribution in [0.4, 0.5) is 0 Å². The van der Waals surface area contributed by atoms with E-state index in [0.717, 1.165) is 24.9 Å². The van der Waals surface area contributed by atoms with Crippen LogP contribution in [0.25, 0.3) is 0 Å². The molecule has 0 unspecified atom stereocenters. The van der Waals surface area contributed by atoms with Crippen LogP contribution in [0.1, 0.15) is 12.8 Å². The third kappa shape index (κ3) is 60.8. The quantitative estimate of drug-likeness (QED) is 0.0407. The lowest BCUT2D eigenvalue weighted by Gasteiger charge is -2.44. The zero-order valence-electron chi connectivity index (χ0n) is 61.2.